The quantitative estimate of drug-likeness (QED) is 0.190. The van der Waals surface area contributed by atoms with Crippen molar-refractivity contribution < 1.29 is 33.0 Å². The van der Waals surface area contributed by atoms with E-state index in [1.165, 1.54) is 25.5 Å². The number of carbonyl (C=O) groups excluding carboxylic acids is 3. The van der Waals surface area contributed by atoms with Crippen molar-refractivity contribution in [3.63, 3.8) is 0 Å². The maximum atomic E-state index is 13.3. The van der Waals surface area contributed by atoms with E-state index in [1.54, 1.807) is 44.2 Å². The van der Waals surface area contributed by atoms with E-state index in [1.807, 2.05) is 24.5 Å². The number of amides is 3. The monoisotopic (exact) mass is 577 g/mol. The van der Waals surface area contributed by atoms with Gasteiger partial charge in [0.2, 0.25) is 0 Å². The maximum absolute atomic E-state index is 13.3. The Balaban J connectivity index is 1.41. The molecule has 42 heavy (non-hydrogen) atoms. The van der Waals surface area contributed by atoms with Crippen molar-refractivity contribution in [2.45, 2.75) is 33.7 Å². The number of nitrogens with one attached hydrogen (secondary N) is 3. The molecule has 12 heteroatoms. The third-order valence-corrected chi connectivity index (χ3v) is 6.59. The van der Waals surface area contributed by atoms with Gasteiger partial charge in [0, 0.05) is 28.3 Å². The normalized spacial score (nSPS) is 14.8. The first-order valence-electron chi connectivity index (χ1n) is 13.2. The number of methoxy groups -OCH3 is 1. The van der Waals surface area contributed by atoms with Gasteiger partial charge in [0.15, 0.2) is 18.1 Å². The first-order chi connectivity index (χ1) is 20.1. The number of hydrazone groups is 1. The number of hydrogen-bond acceptors (Lipinski definition) is 7. The van der Waals surface area contributed by atoms with Gasteiger partial charge in [-0.25, -0.2) is 19.4 Å². The molecule has 0 fully saturated rings. The Morgan fingerprint density at radius 1 is 1.10 bits per heavy atom. The number of aromatic nitrogens is 1. The molecule has 220 valence electrons. The van der Waals surface area contributed by atoms with Gasteiger partial charge in [-0.15, -0.1) is 0 Å². The summed E-state index contributed by atoms with van der Waals surface area (Å²) in [6.07, 6.45) is 1.53. The summed E-state index contributed by atoms with van der Waals surface area (Å²) in [7, 11) is 1.44. The highest BCUT2D eigenvalue weighted by Gasteiger charge is 2.32. The highest BCUT2D eigenvalue weighted by molar-refractivity contribution is 5.95. The van der Waals surface area contributed by atoms with Crippen LogP contribution in [0.3, 0.4) is 0 Å². The van der Waals surface area contributed by atoms with Crippen LogP contribution in [0.5, 0.6) is 11.5 Å². The highest BCUT2D eigenvalue weighted by Crippen LogP contribution is 2.34. The average Bonchev–Trinajstić information content (AvgIpc) is 3.24. The number of rotatable bonds is 10. The molecule has 2 heterocycles. The molecule has 1 aliphatic heterocycles. The van der Waals surface area contributed by atoms with Crippen molar-refractivity contribution in [3.8, 4) is 17.2 Å². The molecule has 1 aromatic heterocycles. The summed E-state index contributed by atoms with van der Waals surface area (Å²) in [6, 6.07) is 11.7. The van der Waals surface area contributed by atoms with Gasteiger partial charge < -0.3 is 29.4 Å². The number of hydrogen-bond donors (Lipinski definition) is 3. The number of esters is 1. The molecule has 11 nitrogen and oxygen atoms in total. The van der Waals surface area contributed by atoms with Crippen LogP contribution in [-0.4, -0.2) is 49.0 Å². The van der Waals surface area contributed by atoms with Gasteiger partial charge in [0.05, 0.1) is 31.5 Å². The molecule has 0 spiro atoms. The average molecular weight is 578 g/mol. The zero-order chi connectivity index (χ0) is 30.4. The minimum absolute atomic E-state index is 0.181. The zero-order valence-electron chi connectivity index (χ0n) is 23.9. The van der Waals surface area contributed by atoms with Gasteiger partial charge in [-0.05, 0) is 75.7 Å². The second-order valence-corrected chi connectivity index (χ2v) is 9.42. The molecular formula is C30H32FN5O6. The summed E-state index contributed by atoms with van der Waals surface area (Å²) in [5.41, 5.74) is 7.05. The van der Waals surface area contributed by atoms with Crippen molar-refractivity contribution in [3.05, 3.63) is 88.1 Å². The second kappa shape index (κ2) is 13.0. The molecular weight excluding hydrogens is 545 g/mol. The standard InChI is InChI=1S/C30H32FN5O6/c1-6-41-29(38)27-18(3)33-30(39)34-28(27)20-7-12-24(25(14-20)40-5)42-16-26(37)35-32-15-21-13-17(2)36(19(21)4)23-10-8-22(31)9-11-23/h7-15,28H,6,16H2,1-5H3,(H,35,37)(H2,33,34,39)/b32-15-/t28-/m0/s1. The molecule has 0 bridgehead atoms. The van der Waals surface area contributed by atoms with Crippen LogP contribution in [0.4, 0.5) is 9.18 Å². The van der Waals surface area contributed by atoms with Gasteiger partial charge in [-0.1, -0.05) is 6.07 Å². The Labute approximate surface area is 242 Å². The van der Waals surface area contributed by atoms with Crippen LogP contribution in [0.25, 0.3) is 5.69 Å². The third kappa shape index (κ3) is 6.60. The molecule has 3 aromatic rings. The number of urea groups is 1. The molecule has 1 aliphatic rings. The Bertz CT molecular complexity index is 1560. The van der Waals surface area contributed by atoms with Crippen LogP contribution in [0.15, 0.2) is 64.9 Å². The van der Waals surface area contributed by atoms with Crippen molar-refractivity contribution in [1.29, 1.82) is 0 Å². The second-order valence-electron chi connectivity index (χ2n) is 9.42. The number of halogens is 1. The van der Waals surface area contributed by atoms with Crippen LogP contribution in [0.1, 0.15) is 42.4 Å². The van der Waals surface area contributed by atoms with Crippen molar-refractivity contribution >= 4 is 24.1 Å². The fourth-order valence-electron chi connectivity index (χ4n) is 4.66. The van der Waals surface area contributed by atoms with Gasteiger partial charge in [0.25, 0.3) is 5.91 Å². The number of nitrogens with zero attached hydrogens (tertiary/aromatic N) is 2. The molecule has 4 rings (SSSR count). The zero-order valence-corrected chi connectivity index (χ0v) is 23.9. The molecule has 3 N–H and O–H groups in total. The lowest BCUT2D eigenvalue weighted by Crippen LogP contribution is -2.45. The molecule has 0 radical (unpaired) electrons. The summed E-state index contributed by atoms with van der Waals surface area (Å²) in [4.78, 5) is 37.2. The van der Waals surface area contributed by atoms with Crippen molar-refractivity contribution in [1.82, 2.24) is 20.6 Å². The molecule has 0 saturated heterocycles. The van der Waals surface area contributed by atoms with Crippen molar-refractivity contribution in [2.75, 3.05) is 20.3 Å². The third-order valence-electron chi connectivity index (χ3n) is 6.59. The molecule has 3 amide bonds. The smallest absolute Gasteiger partial charge is 0.338 e. The lowest BCUT2D eigenvalue weighted by molar-refractivity contribution is -0.139. The Morgan fingerprint density at radius 2 is 1.83 bits per heavy atom. The van der Waals surface area contributed by atoms with Crippen LogP contribution < -0.4 is 25.5 Å². The van der Waals surface area contributed by atoms with E-state index in [-0.39, 0.29) is 30.4 Å². The minimum Gasteiger partial charge on any atom is -0.493 e. The Hall–Kier alpha value is -5.13. The number of carbonyl (C=O) groups is 3. The van der Waals surface area contributed by atoms with E-state index in [0.717, 1.165) is 22.6 Å². The van der Waals surface area contributed by atoms with Crippen molar-refractivity contribution in [2.24, 2.45) is 5.10 Å². The fourth-order valence-corrected chi connectivity index (χ4v) is 4.66. The molecule has 2 aromatic carbocycles. The lowest BCUT2D eigenvalue weighted by atomic mass is 9.95. The largest absolute Gasteiger partial charge is 0.493 e. The Kier molecular flexibility index (Phi) is 9.25. The molecule has 1 atom stereocenters. The fraction of sp³-hybridized carbons (Fsp3) is 0.267. The van der Waals surface area contributed by atoms with Gasteiger partial charge >= 0.3 is 12.0 Å². The van der Waals surface area contributed by atoms with E-state index in [2.05, 4.69) is 21.2 Å². The first kappa shape index (κ1) is 29.8. The lowest BCUT2D eigenvalue weighted by Gasteiger charge is -2.28. The van der Waals surface area contributed by atoms with Crippen LogP contribution in [-0.2, 0) is 14.3 Å². The van der Waals surface area contributed by atoms with Gasteiger partial charge in [-0.3, -0.25) is 4.79 Å². The maximum Gasteiger partial charge on any atom is 0.338 e. The first-order valence-corrected chi connectivity index (χ1v) is 13.2. The molecule has 0 saturated carbocycles. The summed E-state index contributed by atoms with van der Waals surface area (Å²) in [6.45, 7) is 6.98. The van der Waals surface area contributed by atoms with E-state index in [9.17, 15) is 18.8 Å². The van der Waals surface area contributed by atoms with Crippen LogP contribution >= 0.6 is 0 Å². The van der Waals surface area contributed by atoms with Crippen LogP contribution in [0.2, 0.25) is 0 Å². The van der Waals surface area contributed by atoms with E-state index < -0.39 is 23.9 Å². The summed E-state index contributed by atoms with van der Waals surface area (Å²) in [5.74, 6) is -0.792. The Morgan fingerprint density at radius 3 is 2.52 bits per heavy atom. The number of allylic oxidation sites excluding steroid dienone is 1. The number of benzene rings is 2. The summed E-state index contributed by atoms with van der Waals surface area (Å²) < 4.78 is 31.6. The molecule has 0 unspecified atom stereocenters. The van der Waals surface area contributed by atoms with Gasteiger partial charge in [-0.2, -0.15) is 5.10 Å². The highest BCUT2D eigenvalue weighted by atomic mass is 19.1. The topological polar surface area (TPSA) is 132 Å². The predicted octanol–water partition coefficient (Wildman–Crippen LogP) is 3.96. The number of ether oxygens (including phenoxy) is 3. The minimum atomic E-state index is -0.775. The van der Waals surface area contributed by atoms with E-state index in [4.69, 9.17) is 14.2 Å². The number of aryl methyl sites for hydroxylation is 1. The summed E-state index contributed by atoms with van der Waals surface area (Å²) >= 11 is 0. The van der Waals surface area contributed by atoms with E-state index in [0.29, 0.717) is 17.0 Å². The van der Waals surface area contributed by atoms with E-state index >= 15 is 0 Å². The summed E-state index contributed by atoms with van der Waals surface area (Å²) in [5, 5.41) is 9.36. The predicted molar refractivity (Wildman–Crippen MR) is 153 cm³/mol. The molecule has 0 aliphatic carbocycles. The van der Waals surface area contributed by atoms with Crippen LogP contribution in [0, 0.1) is 19.7 Å². The SMILES string of the molecule is CCOC(=O)C1=C(C)NC(=O)N[C@H]1c1ccc(OCC(=O)N/N=C\c2cc(C)n(-c3ccc(F)cc3)c2C)c(OC)c1. The van der Waals surface area contributed by atoms with Gasteiger partial charge in [0.1, 0.15) is 5.82 Å².